The van der Waals surface area contributed by atoms with Crippen LogP contribution >= 0.6 is 0 Å². The molecule has 0 bridgehead atoms. The highest BCUT2D eigenvalue weighted by molar-refractivity contribution is 5.73. The van der Waals surface area contributed by atoms with Crippen LogP contribution in [0.3, 0.4) is 0 Å². The minimum atomic E-state index is -0.625. The minimum absolute atomic E-state index is 0.549. The Morgan fingerprint density at radius 3 is 2.37 bits per heavy atom. The van der Waals surface area contributed by atoms with Crippen molar-refractivity contribution in [2.45, 2.75) is 12.5 Å². The summed E-state index contributed by atoms with van der Waals surface area (Å²) in [7, 11) is 0. The highest BCUT2D eigenvalue weighted by Gasteiger charge is 2.11. The van der Waals surface area contributed by atoms with Crippen LogP contribution in [0, 0.1) is 0 Å². The first-order valence-corrected chi connectivity index (χ1v) is 6.26. The van der Waals surface area contributed by atoms with Gasteiger partial charge in [-0.05, 0) is 17.7 Å². The van der Waals surface area contributed by atoms with Gasteiger partial charge < -0.3 is 5.11 Å². The molecule has 3 aromatic rings. The zero-order valence-electron chi connectivity index (χ0n) is 10.4. The Balaban J connectivity index is 1.87. The second-order valence-electron chi connectivity index (χ2n) is 4.49. The molecule has 0 spiro atoms. The summed E-state index contributed by atoms with van der Waals surface area (Å²) in [5.41, 5.74) is 3.36. The van der Waals surface area contributed by atoms with Gasteiger partial charge in [0.25, 0.3) is 0 Å². The fourth-order valence-corrected chi connectivity index (χ4v) is 2.07. The molecule has 94 valence electrons. The van der Waals surface area contributed by atoms with Crippen LogP contribution in [0.15, 0.2) is 60.8 Å². The van der Waals surface area contributed by atoms with Crippen LogP contribution in [0.2, 0.25) is 0 Å². The molecule has 19 heavy (non-hydrogen) atoms. The molecule has 2 aromatic carbocycles. The first-order valence-electron chi connectivity index (χ1n) is 6.26. The number of para-hydroxylation sites is 2. The lowest BCUT2D eigenvalue weighted by Crippen LogP contribution is -2.05. The third kappa shape index (κ3) is 2.61. The summed E-state index contributed by atoms with van der Waals surface area (Å²) in [6.45, 7) is 0. The molecule has 0 amide bonds. The molecule has 0 fully saturated rings. The zero-order valence-corrected chi connectivity index (χ0v) is 10.4. The smallest absolute Gasteiger partial charge is 0.102 e. The molecular formula is C16H14N2O. The maximum absolute atomic E-state index is 10.2. The van der Waals surface area contributed by atoms with E-state index in [0.717, 1.165) is 16.6 Å². The second kappa shape index (κ2) is 5.16. The van der Waals surface area contributed by atoms with E-state index in [9.17, 15) is 5.11 Å². The number of aliphatic hydroxyl groups excluding tert-OH is 1. The van der Waals surface area contributed by atoms with Gasteiger partial charge in [0.1, 0.15) is 6.10 Å². The number of nitrogens with zero attached hydrogens (tertiary/aromatic N) is 2. The van der Waals surface area contributed by atoms with Crippen LogP contribution < -0.4 is 0 Å². The van der Waals surface area contributed by atoms with Crippen molar-refractivity contribution in [2.24, 2.45) is 0 Å². The molecule has 0 radical (unpaired) electrons. The summed E-state index contributed by atoms with van der Waals surface area (Å²) in [5, 5.41) is 10.2. The first-order chi connectivity index (χ1) is 9.33. The van der Waals surface area contributed by atoms with Crippen LogP contribution in [0.1, 0.15) is 17.4 Å². The van der Waals surface area contributed by atoms with Crippen LogP contribution in [0.4, 0.5) is 0 Å². The van der Waals surface area contributed by atoms with E-state index >= 15 is 0 Å². The average Bonchev–Trinajstić information content (AvgIpc) is 2.48. The molecule has 1 atom stereocenters. The molecule has 3 rings (SSSR count). The molecular weight excluding hydrogens is 236 g/mol. The largest absolute Gasteiger partial charge is 0.386 e. The standard InChI is InChI=1S/C16H14N2O/c19-16(10-12-6-2-1-3-7-12)15-11-17-13-8-4-5-9-14(13)18-15/h1-9,11,16,19H,10H2. The lowest BCUT2D eigenvalue weighted by atomic mass is 10.1. The van der Waals surface area contributed by atoms with Crippen molar-refractivity contribution in [1.29, 1.82) is 0 Å². The Kier molecular flexibility index (Phi) is 3.21. The lowest BCUT2D eigenvalue weighted by molar-refractivity contribution is 0.173. The van der Waals surface area contributed by atoms with E-state index < -0.39 is 6.10 Å². The third-order valence-corrected chi connectivity index (χ3v) is 3.08. The van der Waals surface area contributed by atoms with Gasteiger partial charge in [0, 0.05) is 6.42 Å². The van der Waals surface area contributed by atoms with Gasteiger partial charge >= 0.3 is 0 Å². The van der Waals surface area contributed by atoms with Crippen LogP contribution in [-0.4, -0.2) is 15.1 Å². The number of hydrogen-bond donors (Lipinski definition) is 1. The Labute approximate surface area is 111 Å². The summed E-state index contributed by atoms with van der Waals surface area (Å²) in [4.78, 5) is 8.78. The number of hydrogen-bond acceptors (Lipinski definition) is 3. The highest BCUT2D eigenvalue weighted by atomic mass is 16.3. The molecule has 0 aliphatic carbocycles. The van der Waals surface area contributed by atoms with E-state index in [0.29, 0.717) is 12.1 Å². The number of aromatic nitrogens is 2. The van der Waals surface area contributed by atoms with E-state index in [1.54, 1.807) is 6.20 Å². The summed E-state index contributed by atoms with van der Waals surface area (Å²) < 4.78 is 0. The molecule has 3 nitrogen and oxygen atoms in total. The average molecular weight is 250 g/mol. The number of benzene rings is 2. The summed E-state index contributed by atoms with van der Waals surface area (Å²) >= 11 is 0. The number of fused-ring (bicyclic) bond motifs is 1. The van der Waals surface area contributed by atoms with Gasteiger partial charge in [-0.15, -0.1) is 0 Å². The van der Waals surface area contributed by atoms with E-state index in [4.69, 9.17) is 0 Å². The Hall–Kier alpha value is -2.26. The van der Waals surface area contributed by atoms with Crippen LogP contribution in [0.5, 0.6) is 0 Å². The van der Waals surface area contributed by atoms with Gasteiger partial charge in [-0.25, -0.2) is 4.98 Å². The van der Waals surface area contributed by atoms with Crippen molar-refractivity contribution >= 4 is 11.0 Å². The van der Waals surface area contributed by atoms with Gasteiger partial charge in [-0.3, -0.25) is 4.98 Å². The van der Waals surface area contributed by atoms with E-state index in [2.05, 4.69) is 9.97 Å². The monoisotopic (exact) mass is 250 g/mol. The highest BCUT2D eigenvalue weighted by Crippen LogP contribution is 2.18. The van der Waals surface area contributed by atoms with Gasteiger partial charge in [0.05, 0.1) is 22.9 Å². The molecule has 1 aromatic heterocycles. The lowest BCUT2D eigenvalue weighted by Gasteiger charge is -2.10. The Morgan fingerprint density at radius 2 is 1.58 bits per heavy atom. The predicted molar refractivity (Wildman–Crippen MR) is 74.6 cm³/mol. The molecule has 0 saturated carbocycles. The first kappa shape index (κ1) is 11.8. The minimum Gasteiger partial charge on any atom is -0.386 e. The van der Waals surface area contributed by atoms with Gasteiger partial charge in [-0.1, -0.05) is 42.5 Å². The molecule has 1 unspecified atom stereocenters. The number of rotatable bonds is 3. The van der Waals surface area contributed by atoms with E-state index in [-0.39, 0.29) is 0 Å². The van der Waals surface area contributed by atoms with Gasteiger partial charge in [0.15, 0.2) is 0 Å². The molecule has 0 aliphatic rings. The molecule has 1 heterocycles. The van der Waals surface area contributed by atoms with Crippen molar-refractivity contribution in [3.63, 3.8) is 0 Å². The van der Waals surface area contributed by atoms with Gasteiger partial charge in [0.2, 0.25) is 0 Å². The topological polar surface area (TPSA) is 46.0 Å². The van der Waals surface area contributed by atoms with Crippen molar-refractivity contribution < 1.29 is 5.11 Å². The number of aliphatic hydroxyl groups is 1. The van der Waals surface area contributed by atoms with Crippen molar-refractivity contribution in [1.82, 2.24) is 9.97 Å². The van der Waals surface area contributed by atoms with Crippen molar-refractivity contribution in [2.75, 3.05) is 0 Å². The molecule has 3 heteroatoms. The summed E-state index contributed by atoms with van der Waals surface area (Å²) in [6.07, 6.45) is 1.57. The van der Waals surface area contributed by atoms with Crippen LogP contribution in [0.25, 0.3) is 11.0 Å². The zero-order chi connectivity index (χ0) is 13.1. The Morgan fingerprint density at radius 1 is 0.895 bits per heavy atom. The normalized spacial score (nSPS) is 12.5. The predicted octanol–water partition coefficient (Wildman–Crippen LogP) is 2.91. The quantitative estimate of drug-likeness (QED) is 0.777. The fourth-order valence-electron chi connectivity index (χ4n) is 2.07. The van der Waals surface area contributed by atoms with E-state index in [1.807, 2.05) is 54.6 Å². The summed E-state index contributed by atoms with van der Waals surface area (Å²) in [6, 6.07) is 17.6. The van der Waals surface area contributed by atoms with Crippen molar-refractivity contribution in [3.8, 4) is 0 Å². The second-order valence-corrected chi connectivity index (χ2v) is 4.49. The molecule has 0 saturated heterocycles. The SMILES string of the molecule is OC(Cc1ccccc1)c1cnc2ccccc2n1. The summed E-state index contributed by atoms with van der Waals surface area (Å²) in [5.74, 6) is 0. The maximum Gasteiger partial charge on any atom is 0.102 e. The van der Waals surface area contributed by atoms with Crippen molar-refractivity contribution in [3.05, 3.63) is 72.1 Å². The fraction of sp³-hybridized carbons (Fsp3) is 0.125. The van der Waals surface area contributed by atoms with Crippen LogP contribution in [-0.2, 0) is 6.42 Å². The third-order valence-electron chi connectivity index (χ3n) is 3.08. The van der Waals surface area contributed by atoms with E-state index in [1.165, 1.54) is 0 Å². The van der Waals surface area contributed by atoms with Gasteiger partial charge in [-0.2, -0.15) is 0 Å². The molecule has 0 aliphatic heterocycles. The molecule has 1 N–H and O–H groups in total. The maximum atomic E-state index is 10.2. The Bertz CT molecular complexity index is 682.